The first-order valence-corrected chi connectivity index (χ1v) is 9.38. The maximum absolute atomic E-state index is 12.8. The maximum atomic E-state index is 12.8. The Bertz CT molecular complexity index is 655. The molecule has 0 bridgehead atoms. The van der Waals surface area contributed by atoms with Crippen molar-refractivity contribution in [3.05, 3.63) is 26.7 Å². The molecule has 21 heavy (non-hydrogen) atoms. The Balaban J connectivity index is 2.45. The van der Waals surface area contributed by atoms with Gasteiger partial charge in [-0.2, -0.15) is 4.31 Å². The zero-order chi connectivity index (χ0) is 15.8. The SMILES string of the molecule is CC(=O)CC1CCCN1S(=O)(=O)c1c(Cl)cc(Br)cc1Cl. The van der Waals surface area contributed by atoms with Crippen molar-refractivity contribution in [3.8, 4) is 0 Å². The van der Waals surface area contributed by atoms with Gasteiger partial charge in [0.25, 0.3) is 0 Å². The van der Waals surface area contributed by atoms with Crippen LogP contribution in [0.25, 0.3) is 0 Å². The lowest BCUT2D eigenvalue weighted by molar-refractivity contribution is -0.117. The number of sulfonamides is 1. The predicted octanol–water partition coefficient (Wildman–Crippen LogP) is 3.89. The zero-order valence-corrected chi connectivity index (χ0v) is 15.2. The van der Waals surface area contributed by atoms with Crippen LogP contribution in [-0.4, -0.2) is 31.1 Å². The molecule has 0 aliphatic carbocycles. The summed E-state index contributed by atoms with van der Waals surface area (Å²) >= 11 is 15.3. The molecule has 8 heteroatoms. The number of rotatable bonds is 4. The highest BCUT2D eigenvalue weighted by atomic mass is 79.9. The third-order valence-corrected chi connectivity index (χ3v) is 6.71. The molecule has 4 nitrogen and oxygen atoms in total. The second-order valence-electron chi connectivity index (χ2n) is 5.02. The highest BCUT2D eigenvalue weighted by molar-refractivity contribution is 9.10. The van der Waals surface area contributed by atoms with E-state index in [1.165, 1.54) is 23.4 Å². The molecule has 1 aromatic carbocycles. The van der Waals surface area contributed by atoms with Crippen LogP contribution in [0.15, 0.2) is 21.5 Å². The van der Waals surface area contributed by atoms with Crippen LogP contribution < -0.4 is 0 Å². The maximum Gasteiger partial charge on any atom is 0.246 e. The van der Waals surface area contributed by atoms with Gasteiger partial charge in [0.2, 0.25) is 10.0 Å². The van der Waals surface area contributed by atoms with Crippen molar-refractivity contribution in [1.29, 1.82) is 0 Å². The lowest BCUT2D eigenvalue weighted by Gasteiger charge is -2.24. The molecule has 1 atom stereocenters. The molecule has 1 aliphatic heterocycles. The molecule has 0 amide bonds. The molecule has 2 rings (SSSR count). The van der Waals surface area contributed by atoms with Crippen LogP contribution >= 0.6 is 39.1 Å². The molecule has 1 aromatic rings. The summed E-state index contributed by atoms with van der Waals surface area (Å²) in [4.78, 5) is 11.2. The van der Waals surface area contributed by atoms with Gasteiger partial charge in [-0.25, -0.2) is 8.42 Å². The number of nitrogens with zero attached hydrogens (tertiary/aromatic N) is 1. The van der Waals surface area contributed by atoms with Crippen molar-refractivity contribution in [2.75, 3.05) is 6.54 Å². The molecular weight excluding hydrogens is 401 g/mol. The van der Waals surface area contributed by atoms with Crippen LogP contribution in [0.2, 0.25) is 10.0 Å². The van der Waals surface area contributed by atoms with Gasteiger partial charge < -0.3 is 0 Å². The molecular formula is C13H14BrCl2NO3S. The Hall–Kier alpha value is -0.140. The van der Waals surface area contributed by atoms with E-state index in [1.807, 2.05) is 0 Å². The van der Waals surface area contributed by atoms with Crippen molar-refractivity contribution in [1.82, 2.24) is 4.31 Å². The summed E-state index contributed by atoms with van der Waals surface area (Å²) in [7, 11) is -3.82. The first-order valence-electron chi connectivity index (χ1n) is 6.39. The van der Waals surface area contributed by atoms with E-state index in [9.17, 15) is 13.2 Å². The quantitative estimate of drug-likeness (QED) is 0.750. The Morgan fingerprint density at radius 2 is 1.95 bits per heavy atom. The Morgan fingerprint density at radius 1 is 1.38 bits per heavy atom. The third kappa shape index (κ3) is 3.62. The number of Topliss-reactive ketones (excluding diaryl/α,β-unsaturated/α-hetero) is 1. The van der Waals surface area contributed by atoms with Gasteiger partial charge in [0.15, 0.2) is 0 Å². The van der Waals surface area contributed by atoms with Crippen LogP contribution in [0.1, 0.15) is 26.2 Å². The fourth-order valence-electron chi connectivity index (χ4n) is 2.55. The van der Waals surface area contributed by atoms with Crippen LogP contribution in [-0.2, 0) is 14.8 Å². The molecule has 0 radical (unpaired) electrons. The van der Waals surface area contributed by atoms with E-state index in [-0.39, 0.29) is 33.2 Å². The van der Waals surface area contributed by atoms with E-state index in [0.29, 0.717) is 17.4 Å². The number of carbonyl (C=O) groups excluding carboxylic acids is 1. The monoisotopic (exact) mass is 413 g/mol. The van der Waals surface area contributed by atoms with E-state index in [4.69, 9.17) is 23.2 Å². The molecule has 1 fully saturated rings. The fourth-order valence-corrected chi connectivity index (χ4v) is 6.13. The highest BCUT2D eigenvalue weighted by Crippen LogP contribution is 2.37. The molecule has 116 valence electrons. The lowest BCUT2D eigenvalue weighted by atomic mass is 10.1. The first-order chi connectivity index (χ1) is 9.73. The van der Waals surface area contributed by atoms with Gasteiger partial charge in [0.05, 0.1) is 10.0 Å². The number of halogens is 3. The van der Waals surface area contributed by atoms with Crippen molar-refractivity contribution in [3.63, 3.8) is 0 Å². The van der Waals surface area contributed by atoms with Crippen LogP contribution in [0.4, 0.5) is 0 Å². The topological polar surface area (TPSA) is 54.5 Å². The standard InChI is InChI=1S/C13H14BrCl2NO3S/c1-8(18)5-10-3-2-4-17(10)21(19,20)13-11(15)6-9(14)7-12(13)16/h6-7,10H,2-5H2,1H3. The minimum Gasteiger partial charge on any atom is -0.300 e. The van der Waals surface area contributed by atoms with Gasteiger partial charge in [-0.15, -0.1) is 0 Å². The summed E-state index contributed by atoms with van der Waals surface area (Å²) in [5.41, 5.74) is 0. The smallest absolute Gasteiger partial charge is 0.246 e. The minimum absolute atomic E-state index is 0.0323. The van der Waals surface area contributed by atoms with Crippen LogP contribution in [0.3, 0.4) is 0 Å². The van der Waals surface area contributed by atoms with E-state index < -0.39 is 10.0 Å². The first kappa shape index (κ1) is 17.2. The predicted molar refractivity (Wildman–Crippen MR) is 86.4 cm³/mol. The Morgan fingerprint density at radius 3 is 2.48 bits per heavy atom. The summed E-state index contributed by atoms with van der Waals surface area (Å²) < 4.78 is 27.6. The number of hydrogen-bond donors (Lipinski definition) is 0. The van der Waals surface area contributed by atoms with Gasteiger partial charge >= 0.3 is 0 Å². The molecule has 0 aromatic heterocycles. The van der Waals surface area contributed by atoms with E-state index >= 15 is 0 Å². The molecule has 1 aliphatic rings. The summed E-state index contributed by atoms with van der Waals surface area (Å²) in [6.45, 7) is 1.84. The molecule has 1 heterocycles. The summed E-state index contributed by atoms with van der Waals surface area (Å²) in [5, 5.41) is 0.144. The summed E-state index contributed by atoms with van der Waals surface area (Å²) in [5.74, 6) is -0.0323. The number of carbonyl (C=O) groups is 1. The molecule has 1 unspecified atom stereocenters. The fraction of sp³-hybridized carbons (Fsp3) is 0.462. The molecule has 1 saturated heterocycles. The number of benzene rings is 1. The third-order valence-electron chi connectivity index (χ3n) is 3.38. The van der Waals surface area contributed by atoms with Crippen molar-refractivity contribution in [2.24, 2.45) is 0 Å². The zero-order valence-electron chi connectivity index (χ0n) is 11.3. The lowest BCUT2D eigenvalue weighted by Crippen LogP contribution is -2.36. The van der Waals surface area contributed by atoms with E-state index in [2.05, 4.69) is 15.9 Å². The average Bonchev–Trinajstić information content (AvgIpc) is 2.74. The van der Waals surface area contributed by atoms with Gasteiger partial charge in [0, 0.05) is 23.5 Å². The Kier molecular flexibility index (Phi) is 5.36. The van der Waals surface area contributed by atoms with Gasteiger partial charge in [-0.1, -0.05) is 39.1 Å². The molecule has 0 N–H and O–H groups in total. The van der Waals surface area contributed by atoms with Crippen molar-refractivity contribution >= 4 is 54.9 Å². The highest BCUT2D eigenvalue weighted by Gasteiger charge is 2.38. The molecule has 0 spiro atoms. The number of ketones is 1. The Labute approximate surface area is 142 Å². The molecule has 0 saturated carbocycles. The van der Waals surface area contributed by atoms with E-state index in [1.54, 1.807) is 0 Å². The van der Waals surface area contributed by atoms with Crippen molar-refractivity contribution in [2.45, 2.75) is 37.1 Å². The largest absolute Gasteiger partial charge is 0.300 e. The number of hydrogen-bond acceptors (Lipinski definition) is 3. The van der Waals surface area contributed by atoms with E-state index in [0.717, 1.165) is 6.42 Å². The van der Waals surface area contributed by atoms with Gasteiger partial charge in [-0.05, 0) is 31.9 Å². The van der Waals surface area contributed by atoms with Crippen LogP contribution in [0, 0.1) is 0 Å². The summed E-state index contributed by atoms with van der Waals surface area (Å²) in [6.07, 6.45) is 1.61. The second kappa shape index (κ2) is 6.54. The van der Waals surface area contributed by atoms with Crippen molar-refractivity contribution < 1.29 is 13.2 Å². The van der Waals surface area contributed by atoms with Crippen LogP contribution in [0.5, 0.6) is 0 Å². The van der Waals surface area contributed by atoms with Gasteiger partial charge in [-0.3, -0.25) is 4.79 Å². The average molecular weight is 415 g/mol. The minimum atomic E-state index is -3.82. The normalized spacial score (nSPS) is 19.9. The van der Waals surface area contributed by atoms with Gasteiger partial charge in [0.1, 0.15) is 10.7 Å². The summed E-state index contributed by atoms with van der Waals surface area (Å²) in [6, 6.07) is 2.68. The second-order valence-corrected chi connectivity index (χ2v) is 8.57.